The van der Waals surface area contributed by atoms with Crippen molar-refractivity contribution in [3.8, 4) is 56.0 Å². The van der Waals surface area contributed by atoms with E-state index in [1.54, 1.807) is 14.2 Å². The summed E-state index contributed by atoms with van der Waals surface area (Å²) in [5, 5.41) is 0. The SMILES string of the molecule is COc1ccc(N2c3ccc(-c4ccc(-c5ccccc5)cc4)cc3C(C)(C)c3cc(-c4ccc(-c5ccccc5)cc4)ccc32)cc1.COc1ccc(N2c3ccc(Br)cc3C(C)(C)c3cc(Br)ccc32)cc1. The van der Waals surface area contributed by atoms with Gasteiger partial charge in [0.25, 0.3) is 0 Å². The van der Waals surface area contributed by atoms with Crippen molar-refractivity contribution < 1.29 is 9.47 Å². The van der Waals surface area contributed by atoms with Crippen LogP contribution in [0.5, 0.6) is 11.5 Å². The Labute approximate surface area is 452 Å². The number of hydrogen-bond donors (Lipinski definition) is 0. The van der Waals surface area contributed by atoms with Crippen LogP contribution < -0.4 is 19.3 Å². The van der Waals surface area contributed by atoms with E-state index in [2.05, 4.69) is 276 Å². The summed E-state index contributed by atoms with van der Waals surface area (Å²) in [5.41, 5.74) is 21.6. The minimum absolute atomic E-state index is 0.0960. The van der Waals surface area contributed by atoms with Crippen molar-refractivity contribution in [3.63, 3.8) is 0 Å². The predicted molar refractivity (Wildman–Crippen MR) is 317 cm³/mol. The van der Waals surface area contributed by atoms with Crippen molar-refractivity contribution in [2.24, 2.45) is 0 Å². The first kappa shape index (κ1) is 48.6. The molecule has 0 bridgehead atoms. The Morgan fingerprint density at radius 2 is 0.568 bits per heavy atom. The Kier molecular flexibility index (Phi) is 13.1. The average molecular weight is 1090 g/mol. The van der Waals surface area contributed by atoms with Gasteiger partial charge in [0, 0.05) is 31.2 Å². The van der Waals surface area contributed by atoms with E-state index in [4.69, 9.17) is 9.47 Å². The third-order valence-corrected chi connectivity index (χ3v) is 15.9. The first-order valence-corrected chi connectivity index (χ1v) is 26.6. The zero-order valence-electron chi connectivity index (χ0n) is 42.4. The lowest BCUT2D eigenvalue weighted by atomic mass is 9.72. The highest BCUT2D eigenvalue weighted by Gasteiger charge is 2.39. The molecule has 0 spiro atoms. The van der Waals surface area contributed by atoms with Crippen LogP contribution in [0, 0.1) is 0 Å². The van der Waals surface area contributed by atoms with Crippen LogP contribution in [0.1, 0.15) is 49.9 Å². The summed E-state index contributed by atoms with van der Waals surface area (Å²) in [6, 6.07) is 82.6. The predicted octanol–water partition coefficient (Wildman–Crippen LogP) is 19.8. The van der Waals surface area contributed by atoms with E-state index < -0.39 is 0 Å². The summed E-state index contributed by atoms with van der Waals surface area (Å²) in [6.45, 7) is 9.30. The molecule has 10 aromatic carbocycles. The van der Waals surface area contributed by atoms with E-state index in [-0.39, 0.29) is 10.8 Å². The molecule has 74 heavy (non-hydrogen) atoms. The lowest BCUT2D eigenvalue weighted by molar-refractivity contribution is 0.414. The van der Waals surface area contributed by atoms with E-state index in [1.807, 2.05) is 24.3 Å². The minimum atomic E-state index is -0.242. The highest BCUT2D eigenvalue weighted by Crippen LogP contribution is 2.55. The highest BCUT2D eigenvalue weighted by molar-refractivity contribution is 9.10. The number of ether oxygens (including phenoxy) is 2. The van der Waals surface area contributed by atoms with E-state index in [0.29, 0.717) is 0 Å². The van der Waals surface area contributed by atoms with Crippen molar-refractivity contribution in [2.45, 2.75) is 38.5 Å². The molecule has 0 N–H and O–H groups in total. The molecule has 0 aromatic heterocycles. The fourth-order valence-electron chi connectivity index (χ4n) is 10.8. The lowest BCUT2D eigenvalue weighted by Gasteiger charge is -2.42. The van der Waals surface area contributed by atoms with E-state index in [1.165, 1.54) is 89.5 Å². The molecule has 0 amide bonds. The molecule has 0 fully saturated rings. The second-order valence-corrected chi connectivity index (χ2v) is 21.8. The third-order valence-electron chi connectivity index (χ3n) is 14.9. The maximum Gasteiger partial charge on any atom is 0.119 e. The van der Waals surface area contributed by atoms with Crippen molar-refractivity contribution in [2.75, 3.05) is 24.0 Å². The molecule has 0 radical (unpaired) electrons. The highest BCUT2D eigenvalue weighted by atomic mass is 79.9. The maximum absolute atomic E-state index is 5.51. The van der Waals surface area contributed by atoms with Gasteiger partial charge >= 0.3 is 0 Å². The summed E-state index contributed by atoms with van der Waals surface area (Å²) in [5.74, 6) is 1.71. The van der Waals surface area contributed by atoms with Gasteiger partial charge in [-0.25, -0.2) is 0 Å². The molecule has 0 unspecified atom stereocenters. The van der Waals surface area contributed by atoms with E-state index in [9.17, 15) is 0 Å². The van der Waals surface area contributed by atoms with Crippen molar-refractivity contribution in [1.29, 1.82) is 0 Å². The molecule has 0 saturated carbocycles. The quantitative estimate of drug-likeness (QED) is 0.151. The van der Waals surface area contributed by atoms with Crippen LogP contribution in [0.25, 0.3) is 44.5 Å². The maximum atomic E-state index is 5.51. The van der Waals surface area contributed by atoms with Crippen LogP contribution in [0.3, 0.4) is 0 Å². The Hall–Kier alpha value is -7.64. The molecule has 0 saturated heterocycles. The van der Waals surface area contributed by atoms with E-state index >= 15 is 0 Å². The fraction of sp³-hybridized carbons (Fsp3) is 0.118. The molecular formula is C68H56Br2N2O2. The van der Waals surface area contributed by atoms with Crippen LogP contribution in [0.4, 0.5) is 34.1 Å². The zero-order valence-corrected chi connectivity index (χ0v) is 45.6. The summed E-state index contributed by atoms with van der Waals surface area (Å²) in [6.07, 6.45) is 0. The van der Waals surface area contributed by atoms with Crippen LogP contribution in [-0.2, 0) is 10.8 Å². The molecule has 0 aliphatic carbocycles. The molecule has 12 rings (SSSR count). The molecular weight excluding hydrogens is 1040 g/mol. The Morgan fingerprint density at radius 1 is 0.297 bits per heavy atom. The number of benzene rings is 10. The van der Waals surface area contributed by atoms with Crippen LogP contribution in [0.2, 0.25) is 0 Å². The summed E-state index contributed by atoms with van der Waals surface area (Å²) in [7, 11) is 3.41. The van der Waals surface area contributed by atoms with Crippen molar-refractivity contribution >= 4 is 66.0 Å². The van der Waals surface area contributed by atoms with Gasteiger partial charge in [-0.15, -0.1) is 0 Å². The Balaban J connectivity index is 0.000000190. The van der Waals surface area contributed by atoms with Crippen molar-refractivity contribution in [3.05, 3.63) is 262 Å². The number of nitrogens with zero attached hydrogens (tertiary/aromatic N) is 2. The Bertz CT molecular complexity index is 3440. The fourth-order valence-corrected chi connectivity index (χ4v) is 11.5. The topological polar surface area (TPSA) is 24.9 Å². The standard InChI is InChI=1S/C46H37NO.C22H19Br2NO/c1-46(2)42-30-38(36-18-14-34(15-19-36)32-10-6-4-7-11-32)22-28-44(42)47(40-24-26-41(48-3)27-25-40)45-29-23-39(31-43(45)46)37-20-16-35(17-21-37)33-12-8-5-9-13-33;1-22(2)18-12-14(23)4-10-20(18)25(16-6-8-17(26-3)9-7-16)21-11-5-15(24)13-19(21)22/h4-31H,1-3H3;4-13H,1-3H3. The van der Waals surface area contributed by atoms with Crippen molar-refractivity contribution in [1.82, 2.24) is 0 Å². The minimum Gasteiger partial charge on any atom is -0.497 e. The monoisotopic (exact) mass is 1090 g/mol. The van der Waals surface area contributed by atoms with Gasteiger partial charge in [-0.1, -0.05) is 181 Å². The number of fused-ring (bicyclic) bond motifs is 4. The second-order valence-electron chi connectivity index (χ2n) is 20.0. The molecule has 0 atom stereocenters. The van der Waals surface area contributed by atoms with Crippen LogP contribution in [0.15, 0.2) is 239 Å². The third kappa shape index (κ3) is 9.12. The summed E-state index contributed by atoms with van der Waals surface area (Å²) < 4.78 is 13.0. The van der Waals surface area contributed by atoms with Gasteiger partial charge in [0.15, 0.2) is 0 Å². The van der Waals surface area contributed by atoms with Crippen LogP contribution >= 0.6 is 31.9 Å². The second kappa shape index (κ2) is 20.0. The molecule has 2 aliphatic rings. The van der Waals surface area contributed by atoms with Crippen LogP contribution in [-0.4, -0.2) is 14.2 Å². The molecule has 2 heterocycles. The molecule has 6 heteroatoms. The number of hydrogen-bond acceptors (Lipinski definition) is 4. The Morgan fingerprint density at radius 3 is 0.892 bits per heavy atom. The number of rotatable bonds is 8. The van der Waals surface area contributed by atoms with Gasteiger partial charge in [-0.3, -0.25) is 0 Å². The molecule has 364 valence electrons. The molecule has 2 aliphatic heterocycles. The smallest absolute Gasteiger partial charge is 0.119 e. The van der Waals surface area contributed by atoms with Gasteiger partial charge in [0.1, 0.15) is 11.5 Å². The number of halogens is 2. The normalized spacial score (nSPS) is 13.6. The van der Waals surface area contributed by atoms with Gasteiger partial charge in [-0.2, -0.15) is 0 Å². The zero-order chi connectivity index (χ0) is 51.1. The number of anilines is 6. The largest absolute Gasteiger partial charge is 0.497 e. The average Bonchev–Trinajstić information content (AvgIpc) is 3.45. The van der Waals surface area contributed by atoms with Gasteiger partial charge < -0.3 is 19.3 Å². The van der Waals surface area contributed by atoms with Gasteiger partial charge in [0.2, 0.25) is 0 Å². The first-order chi connectivity index (χ1) is 35.9. The summed E-state index contributed by atoms with van der Waals surface area (Å²) >= 11 is 7.29. The lowest BCUT2D eigenvalue weighted by Crippen LogP contribution is -2.30. The molecule has 4 nitrogen and oxygen atoms in total. The molecule has 10 aromatic rings. The van der Waals surface area contributed by atoms with Gasteiger partial charge in [0.05, 0.1) is 37.0 Å². The number of methoxy groups -OCH3 is 2. The van der Waals surface area contributed by atoms with Gasteiger partial charge in [-0.05, 0) is 176 Å². The van der Waals surface area contributed by atoms with E-state index in [0.717, 1.165) is 31.8 Å². The first-order valence-electron chi connectivity index (χ1n) is 25.0. The summed E-state index contributed by atoms with van der Waals surface area (Å²) in [4.78, 5) is 4.73.